The van der Waals surface area contributed by atoms with Crippen LogP contribution < -0.4 is 16.4 Å². The van der Waals surface area contributed by atoms with E-state index in [-0.39, 0.29) is 6.04 Å². The van der Waals surface area contributed by atoms with Gasteiger partial charge in [0.15, 0.2) is 0 Å². The number of aromatic nitrogens is 1. The van der Waals surface area contributed by atoms with Crippen molar-refractivity contribution < 1.29 is 9.59 Å². The molecule has 2 heterocycles. The van der Waals surface area contributed by atoms with E-state index in [1.807, 2.05) is 31.3 Å². The number of carbonyl (C=O) groups excluding carboxylic acids is 2. The second-order valence-corrected chi connectivity index (χ2v) is 6.77. The Morgan fingerprint density at radius 2 is 2.04 bits per heavy atom. The smallest absolute Gasteiger partial charge is 0.313 e. The molecule has 1 fully saturated rings. The van der Waals surface area contributed by atoms with Gasteiger partial charge >= 0.3 is 11.8 Å². The van der Waals surface area contributed by atoms with Crippen LogP contribution in [-0.2, 0) is 9.59 Å². The van der Waals surface area contributed by atoms with Crippen LogP contribution in [0.4, 0.5) is 17.2 Å². The van der Waals surface area contributed by atoms with Crippen LogP contribution in [-0.4, -0.2) is 35.3 Å². The Kier molecular flexibility index (Phi) is 5.59. The molecule has 1 aromatic carbocycles. The number of nitrogens with zero attached hydrogens (tertiary/aromatic N) is 2. The number of amides is 2. The highest BCUT2D eigenvalue weighted by molar-refractivity contribution is 6.39. The lowest BCUT2D eigenvalue weighted by Gasteiger charge is -2.35. The molecule has 2 amide bonds. The molecule has 0 aliphatic carbocycles. The number of likely N-dealkylation sites (tertiary alicyclic amines) is 1. The van der Waals surface area contributed by atoms with Crippen LogP contribution in [0.5, 0.6) is 0 Å². The number of anilines is 3. The zero-order valence-electron chi connectivity index (χ0n) is 15.7. The van der Waals surface area contributed by atoms with Crippen molar-refractivity contribution in [3.05, 3.63) is 47.7 Å². The van der Waals surface area contributed by atoms with Gasteiger partial charge in [-0.25, -0.2) is 4.98 Å². The molecule has 2 aromatic rings. The number of carbonyl (C=O) groups is 2. The fourth-order valence-electron chi connectivity index (χ4n) is 3.39. The average Bonchev–Trinajstić information content (AvgIpc) is 2.70. The van der Waals surface area contributed by atoms with Gasteiger partial charge in [0.1, 0.15) is 5.82 Å². The molecule has 1 saturated heterocycles. The topological polar surface area (TPSA) is 100 Å². The Labute approximate surface area is 159 Å². The van der Waals surface area contributed by atoms with E-state index in [9.17, 15) is 9.59 Å². The fourth-order valence-corrected chi connectivity index (χ4v) is 3.39. The van der Waals surface area contributed by atoms with E-state index in [1.54, 1.807) is 17.9 Å². The molecule has 3 rings (SSSR count). The van der Waals surface area contributed by atoms with Crippen molar-refractivity contribution in [3.8, 4) is 0 Å². The second-order valence-electron chi connectivity index (χ2n) is 6.77. The normalized spacial score (nSPS) is 16.7. The van der Waals surface area contributed by atoms with Crippen molar-refractivity contribution in [2.24, 2.45) is 0 Å². The van der Waals surface area contributed by atoms with Gasteiger partial charge in [0, 0.05) is 19.3 Å². The Hall–Kier alpha value is -3.09. The molecular weight excluding hydrogens is 342 g/mol. The zero-order valence-corrected chi connectivity index (χ0v) is 15.7. The van der Waals surface area contributed by atoms with E-state index in [0.717, 1.165) is 36.1 Å². The first-order valence-corrected chi connectivity index (χ1v) is 9.11. The van der Waals surface area contributed by atoms with Crippen LogP contribution in [0, 0.1) is 6.92 Å². The maximum absolute atomic E-state index is 12.8. The lowest BCUT2D eigenvalue weighted by molar-refractivity contribution is -0.145. The number of nitrogens with one attached hydrogen (secondary N) is 2. The summed E-state index contributed by atoms with van der Waals surface area (Å²) in [7, 11) is 1.86. The highest BCUT2D eigenvalue weighted by Gasteiger charge is 2.32. The molecule has 0 saturated carbocycles. The zero-order chi connectivity index (χ0) is 19.4. The molecule has 142 valence electrons. The molecule has 1 atom stereocenters. The highest BCUT2D eigenvalue weighted by atomic mass is 16.2. The summed E-state index contributed by atoms with van der Waals surface area (Å²) in [5.74, 6) is -0.776. The number of rotatable bonds is 3. The minimum atomic E-state index is -0.655. The quantitative estimate of drug-likeness (QED) is 0.724. The standard InChI is InChI=1S/C20H25N5O2/c1-13-10-16(12-23-18(13)21)24-19(26)20(27)25-9-4-3-8-17(25)14-6-5-7-15(11-14)22-2/h5-7,10-12,17,22H,3-4,8-9H2,1-2H3,(H2,21,23)(H,24,26)/t17-/m0/s1. The third-order valence-corrected chi connectivity index (χ3v) is 4.89. The fraction of sp³-hybridized carbons (Fsp3) is 0.350. The van der Waals surface area contributed by atoms with Crippen LogP contribution >= 0.6 is 0 Å². The van der Waals surface area contributed by atoms with Crippen molar-refractivity contribution in [2.75, 3.05) is 30.0 Å². The number of benzene rings is 1. The molecule has 1 aliphatic heterocycles. The van der Waals surface area contributed by atoms with Crippen LogP contribution in [0.15, 0.2) is 36.5 Å². The second kappa shape index (κ2) is 8.07. The first kappa shape index (κ1) is 18.7. The van der Waals surface area contributed by atoms with Crippen molar-refractivity contribution in [1.29, 1.82) is 0 Å². The highest BCUT2D eigenvalue weighted by Crippen LogP contribution is 2.32. The molecule has 27 heavy (non-hydrogen) atoms. The molecular formula is C20H25N5O2. The van der Waals surface area contributed by atoms with Gasteiger partial charge in [-0.15, -0.1) is 0 Å². The molecule has 0 radical (unpaired) electrons. The van der Waals surface area contributed by atoms with Gasteiger partial charge in [0.05, 0.1) is 17.9 Å². The van der Waals surface area contributed by atoms with Crippen LogP contribution in [0.1, 0.15) is 36.4 Å². The van der Waals surface area contributed by atoms with Crippen LogP contribution in [0.2, 0.25) is 0 Å². The van der Waals surface area contributed by atoms with Crippen LogP contribution in [0.25, 0.3) is 0 Å². The maximum atomic E-state index is 12.8. The lowest BCUT2D eigenvalue weighted by atomic mass is 9.94. The SMILES string of the molecule is CNc1cccc([C@@H]2CCCCN2C(=O)C(=O)Nc2cnc(N)c(C)c2)c1. The Bertz CT molecular complexity index is 852. The Balaban J connectivity index is 1.77. The molecule has 0 bridgehead atoms. The minimum Gasteiger partial charge on any atom is -0.388 e. The van der Waals surface area contributed by atoms with Gasteiger partial charge in [0.2, 0.25) is 0 Å². The molecule has 1 aromatic heterocycles. The predicted molar refractivity (Wildman–Crippen MR) is 106 cm³/mol. The van der Waals surface area contributed by atoms with Gasteiger partial charge < -0.3 is 21.3 Å². The molecule has 0 unspecified atom stereocenters. The van der Waals surface area contributed by atoms with Gasteiger partial charge in [-0.1, -0.05) is 12.1 Å². The first-order valence-electron chi connectivity index (χ1n) is 9.11. The van der Waals surface area contributed by atoms with Crippen molar-refractivity contribution in [3.63, 3.8) is 0 Å². The third-order valence-electron chi connectivity index (χ3n) is 4.89. The average molecular weight is 367 g/mol. The first-order chi connectivity index (χ1) is 13.0. The Morgan fingerprint density at radius 3 is 2.78 bits per heavy atom. The molecule has 7 heteroatoms. The number of hydrogen-bond acceptors (Lipinski definition) is 5. The van der Waals surface area contributed by atoms with Gasteiger partial charge in [-0.3, -0.25) is 9.59 Å². The third kappa shape index (κ3) is 4.19. The number of nitrogen functional groups attached to an aromatic ring is 1. The Morgan fingerprint density at radius 1 is 1.22 bits per heavy atom. The summed E-state index contributed by atoms with van der Waals surface area (Å²) in [6.07, 6.45) is 4.22. The predicted octanol–water partition coefficient (Wildman–Crippen LogP) is 2.71. The number of pyridine rings is 1. The largest absolute Gasteiger partial charge is 0.388 e. The summed E-state index contributed by atoms with van der Waals surface area (Å²) in [6.45, 7) is 2.37. The van der Waals surface area contributed by atoms with E-state index in [4.69, 9.17) is 5.73 Å². The summed E-state index contributed by atoms with van der Waals surface area (Å²) in [5.41, 5.74) is 8.93. The lowest BCUT2D eigenvalue weighted by Crippen LogP contribution is -2.44. The van der Waals surface area contributed by atoms with E-state index >= 15 is 0 Å². The summed E-state index contributed by atoms with van der Waals surface area (Å²) in [5, 5.41) is 5.76. The van der Waals surface area contributed by atoms with E-state index in [0.29, 0.717) is 18.1 Å². The molecule has 1 aliphatic rings. The minimum absolute atomic E-state index is 0.100. The molecule has 0 spiro atoms. The van der Waals surface area contributed by atoms with E-state index in [1.165, 1.54) is 6.20 Å². The molecule has 4 N–H and O–H groups in total. The van der Waals surface area contributed by atoms with E-state index < -0.39 is 11.8 Å². The van der Waals surface area contributed by atoms with E-state index in [2.05, 4.69) is 15.6 Å². The number of hydrogen-bond donors (Lipinski definition) is 3. The van der Waals surface area contributed by atoms with Crippen molar-refractivity contribution in [2.45, 2.75) is 32.2 Å². The maximum Gasteiger partial charge on any atom is 0.313 e. The van der Waals surface area contributed by atoms with Crippen molar-refractivity contribution >= 4 is 29.0 Å². The summed E-state index contributed by atoms with van der Waals surface area (Å²) < 4.78 is 0. The van der Waals surface area contributed by atoms with Gasteiger partial charge in [-0.2, -0.15) is 0 Å². The van der Waals surface area contributed by atoms with Crippen LogP contribution in [0.3, 0.4) is 0 Å². The number of aryl methyl sites for hydroxylation is 1. The monoisotopic (exact) mass is 367 g/mol. The van der Waals surface area contributed by atoms with Crippen molar-refractivity contribution in [1.82, 2.24) is 9.88 Å². The summed E-state index contributed by atoms with van der Waals surface area (Å²) in [4.78, 5) is 31.1. The summed E-state index contributed by atoms with van der Waals surface area (Å²) >= 11 is 0. The van der Waals surface area contributed by atoms with Gasteiger partial charge in [-0.05, 0) is 55.5 Å². The summed E-state index contributed by atoms with van der Waals surface area (Å²) in [6, 6.07) is 9.57. The molecule has 7 nitrogen and oxygen atoms in total. The number of piperidine rings is 1. The number of nitrogens with two attached hydrogens (primary N) is 1. The van der Waals surface area contributed by atoms with Gasteiger partial charge in [0.25, 0.3) is 0 Å².